The third-order valence-electron chi connectivity index (χ3n) is 4.80. The molecule has 2 rings (SSSR count). The first-order valence-corrected chi connectivity index (χ1v) is 11.4. The van der Waals surface area contributed by atoms with E-state index in [0.717, 1.165) is 11.1 Å². The highest BCUT2D eigenvalue weighted by Crippen LogP contribution is 2.15. The van der Waals surface area contributed by atoms with Gasteiger partial charge in [-0.3, -0.25) is 9.59 Å². The zero-order chi connectivity index (χ0) is 22.1. The summed E-state index contributed by atoms with van der Waals surface area (Å²) in [6.07, 6.45) is 0.666. The predicted octanol–water partition coefficient (Wildman–Crippen LogP) is 2.08. The van der Waals surface area contributed by atoms with Gasteiger partial charge in [-0.1, -0.05) is 49.4 Å². The van der Waals surface area contributed by atoms with Crippen LogP contribution in [0.15, 0.2) is 59.5 Å². The molecule has 0 heterocycles. The summed E-state index contributed by atoms with van der Waals surface area (Å²) in [5.74, 6) is -0.364. The Labute approximate surface area is 178 Å². The summed E-state index contributed by atoms with van der Waals surface area (Å²) in [5, 5.41) is 2.59. The number of carbonyl (C=O) groups excluding carboxylic acids is 2. The van der Waals surface area contributed by atoms with Gasteiger partial charge in [0.25, 0.3) is 0 Å². The van der Waals surface area contributed by atoms with E-state index in [1.54, 1.807) is 37.9 Å². The summed E-state index contributed by atoms with van der Waals surface area (Å²) in [6.45, 7) is 4.09. The Balaban J connectivity index is 2.08. The zero-order valence-corrected chi connectivity index (χ0v) is 18.4. The second-order valence-electron chi connectivity index (χ2n) is 6.94. The van der Waals surface area contributed by atoms with E-state index < -0.39 is 16.1 Å². The molecule has 0 aliphatic rings. The molecule has 162 valence electrons. The average Bonchev–Trinajstić information content (AvgIpc) is 2.75. The van der Waals surface area contributed by atoms with E-state index >= 15 is 0 Å². The smallest absolute Gasteiger partial charge is 0.242 e. The van der Waals surface area contributed by atoms with Crippen molar-refractivity contribution >= 4 is 21.8 Å². The monoisotopic (exact) mass is 431 g/mol. The summed E-state index contributed by atoms with van der Waals surface area (Å²) in [4.78, 5) is 26.8. The van der Waals surface area contributed by atoms with Crippen molar-refractivity contribution in [3.63, 3.8) is 0 Å². The van der Waals surface area contributed by atoms with E-state index in [2.05, 4.69) is 10.0 Å². The number of benzene rings is 2. The molecule has 1 atom stereocenters. The third kappa shape index (κ3) is 6.40. The molecule has 0 bridgehead atoms. The van der Waals surface area contributed by atoms with Gasteiger partial charge in [-0.25, -0.2) is 13.1 Å². The van der Waals surface area contributed by atoms with E-state index in [1.165, 1.54) is 12.1 Å². The molecular formula is C22H29N3O4S. The van der Waals surface area contributed by atoms with Crippen molar-refractivity contribution in [3.8, 4) is 0 Å². The first-order chi connectivity index (χ1) is 14.3. The van der Waals surface area contributed by atoms with Crippen LogP contribution in [-0.4, -0.2) is 44.8 Å². The molecule has 8 heteroatoms. The van der Waals surface area contributed by atoms with Crippen LogP contribution < -0.4 is 10.0 Å². The standard InChI is InChI=1S/C22H29N3O4S/c1-4-24-30(28,29)20-13-10-18(11-14-20)12-15-21(26)25(17(2)22(27)23-3)16-19-8-6-5-7-9-19/h5-11,13-14,17,24H,4,12,15-16H2,1-3H3,(H,23,27)/t17-/m1/s1. The molecule has 0 aromatic heterocycles. The number of carbonyl (C=O) groups is 2. The molecule has 0 radical (unpaired) electrons. The second kappa shape index (κ2) is 10.9. The third-order valence-corrected chi connectivity index (χ3v) is 6.37. The maximum absolute atomic E-state index is 12.9. The highest BCUT2D eigenvalue weighted by Gasteiger charge is 2.25. The summed E-state index contributed by atoms with van der Waals surface area (Å²) in [6, 6.07) is 15.4. The maximum Gasteiger partial charge on any atom is 0.242 e. The number of amides is 2. The zero-order valence-electron chi connectivity index (χ0n) is 17.6. The molecule has 2 amide bonds. The minimum atomic E-state index is -3.50. The predicted molar refractivity (Wildman–Crippen MR) is 116 cm³/mol. The van der Waals surface area contributed by atoms with E-state index in [4.69, 9.17) is 0 Å². The molecule has 0 fully saturated rings. The van der Waals surface area contributed by atoms with Gasteiger partial charge >= 0.3 is 0 Å². The topological polar surface area (TPSA) is 95.6 Å². The van der Waals surface area contributed by atoms with Crippen LogP contribution in [0.3, 0.4) is 0 Å². The fourth-order valence-electron chi connectivity index (χ4n) is 3.08. The van der Waals surface area contributed by atoms with E-state index in [-0.39, 0.29) is 23.1 Å². The Hall–Kier alpha value is -2.71. The van der Waals surface area contributed by atoms with Crippen molar-refractivity contribution in [2.45, 2.75) is 44.2 Å². The average molecular weight is 432 g/mol. The van der Waals surface area contributed by atoms with Gasteiger partial charge in [0.05, 0.1) is 4.90 Å². The lowest BCUT2D eigenvalue weighted by Gasteiger charge is -2.28. The first-order valence-electron chi connectivity index (χ1n) is 9.92. The van der Waals surface area contributed by atoms with Crippen molar-refractivity contribution < 1.29 is 18.0 Å². The molecule has 2 N–H and O–H groups in total. The number of rotatable bonds is 10. The lowest BCUT2D eigenvalue weighted by atomic mass is 10.1. The first kappa shape index (κ1) is 23.6. The Morgan fingerprint density at radius 3 is 2.20 bits per heavy atom. The molecule has 2 aromatic rings. The van der Waals surface area contributed by atoms with Gasteiger partial charge in [0.1, 0.15) is 6.04 Å². The minimum absolute atomic E-state index is 0.140. The lowest BCUT2D eigenvalue weighted by Crippen LogP contribution is -2.46. The summed E-state index contributed by atoms with van der Waals surface area (Å²) < 4.78 is 26.5. The number of nitrogens with zero attached hydrogens (tertiary/aromatic N) is 1. The highest BCUT2D eigenvalue weighted by molar-refractivity contribution is 7.89. The van der Waals surface area contributed by atoms with Crippen molar-refractivity contribution in [1.29, 1.82) is 0 Å². The van der Waals surface area contributed by atoms with Crippen LogP contribution in [0, 0.1) is 0 Å². The van der Waals surface area contributed by atoms with Gasteiger partial charge in [-0.15, -0.1) is 0 Å². The van der Waals surface area contributed by atoms with Gasteiger partial charge in [0, 0.05) is 26.6 Å². The summed E-state index contributed by atoms with van der Waals surface area (Å²) in [5.41, 5.74) is 1.80. The quantitative estimate of drug-likeness (QED) is 0.602. The van der Waals surface area contributed by atoms with Crippen molar-refractivity contribution in [2.24, 2.45) is 0 Å². The SMILES string of the molecule is CCNS(=O)(=O)c1ccc(CCC(=O)N(Cc2ccccc2)[C@H](C)C(=O)NC)cc1. The number of likely N-dealkylation sites (N-methyl/N-ethyl adjacent to an activating group) is 1. The van der Waals surface area contributed by atoms with Gasteiger partial charge < -0.3 is 10.2 Å². The highest BCUT2D eigenvalue weighted by atomic mass is 32.2. The Bertz CT molecular complexity index is 944. The van der Waals surface area contributed by atoms with Crippen LogP contribution >= 0.6 is 0 Å². The molecule has 2 aromatic carbocycles. The van der Waals surface area contributed by atoms with Crippen LogP contribution in [0.1, 0.15) is 31.4 Å². The molecule has 30 heavy (non-hydrogen) atoms. The van der Waals surface area contributed by atoms with Gasteiger partial charge in [-0.2, -0.15) is 0 Å². The number of hydrogen-bond donors (Lipinski definition) is 2. The molecule has 0 aliphatic heterocycles. The van der Waals surface area contributed by atoms with Crippen LogP contribution in [-0.2, 0) is 32.6 Å². The fourth-order valence-corrected chi connectivity index (χ4v) is 4.12. The van der Waals surface area contributed by atoms with E-state index in [1.807, 2.05) is 30.3 Å². The van der Waals surface area contributed by atoms with Crippen LogP contribution in [0.25, 0.3) is 0 Å². The van der Waals surface area contributed by atoms with Crippen LogP contribution in [0.2, 0.25) is 0 Å². The Kier molecular flexibility index (Phi) is 8.56. The minimum Gasteiger partial charge on any atom is -0.357 e. The molecule has 0 saturated heterocycles. The number of aryl methyl sites for hydroxylation is 1. The van der Waals surface area contributed by atoms with Crippen molar-refractivity contribution in [3.05, 3.63) is 65.7 Å². The molecular weight excluding hydrogens is 402 g/mol. The van der Waals surface area contributed by atoms with E-state index in [0.29, 0.717) is 19.5 Å². The molecule has 0 unspecified atom stereocenters. The van der Waals surface area contributed by atoms with Crippen LogP contribution in [0.4, 0.5) is 0 Å². The normalized spacial score (nSPS) is 12.2. The fraction of sp³-hybridized carbons (Fsp3) is 0.364. The lowest BCUT2D eigenvalue weighted by molar-refractivity contribution is -0.140. The maximum atomic E-state index is 12.9. The second-order valence-corrected chi connectivity index (χ2v) is 8.71. The van der Waals surface area contributed by atoms with Gasteiger partial charge in [-0.05, 0) is 36.6 Å². The Morgan fingerprint density at radius 2 is 1.63 bits per heavy atom. The van der Waals surface area contributed by atoms with Gasteiger partial charge in [0.2, 0.25) is 21.8 Å². The van der Waals surface area contributed by atoms with Crippen molar-refractivity contribution in [2.75, 3.05) is 13.6 Å². The molecule has 0 saturated carbocycles. The van der Waals surface area contributed by atoms with Crippen molar-refractivity contribution in [1.82, 2.24) is 14.9 Å². The molecule has 7 nitrogen and oxygen atoms in total. The van der Waals surface area contributed by atoms with Gasteiger partial charge in [0.15, 0.2) is 0 Å². The Morgan fingerprint density at radius 1 is 1.00 bits per heavy atom. The number of nitrogens with one attached hydrogen (secondary N) is 2. The number of sulfonamides is 1. The largest absolute Gasteiger partial charge is 0.357 e. The van der Waals surface area contributed by atoms with E-state index in [9.17, 15) is 18.0 Å². The summed E-state index contributed by atoms with van der Waals surface area (Å²) in [7, 11) is -1.95. The molecule has 0 aliphatic carbocycles. The number of hydrogen-bond acceptors (Lipinski definition) is 4. The summed E-state index contributed by atoms with van der Waals surface area (Å²) >= 11 is 0. The molecule has 0 spiro atoms. The van der Waals surface area contributed by atoms with Crippen LogP contribution in [0.5, 0.6) is 0 Å².